The predicted octanol–water partition coefficient (Wildman–Crippen LogP) is 5.58. The smallest absolute Gasteiger partial charge is 0.652 e. The van der Waals surface area contributed by atoms with Crippen molar-refractivity contribution in [1.29, 1.82) is 0 Å². The zero-order valence-electron chi connectivity index (χ0n) is 17.2. The molecule has 0 saturated carbocycles. The number of hydrogen-bond acceptors (Lipinski definition) is 3. The van der Waals surface area contributed by atoms with E-state index < -0.39 is 29.2 Å². The van der Waals surface area contributed by atoms with E-state index in [1.54, 1.807) is 36.4 Å². The van der Waals surface area contributed by atoms with Crippen molar-refractivity contribution in [2.24, 2.45) is 0 Å². The number of halogens is 5. The molecule has 0 aliphatic carbocycles. The summed E-state index contributed by atoms with van der Waals surface area (Å²) in [5.74, 6) is -2.02. The van der Waals surface area contributed by atoms with Gasteiger partial charge in [0.2, 0.25) is 0 Å². The number of rotatable bonds is 4. The summed E-state index contributed by atoms with van der Waals surface area (Å²) in [5.41, 5.74) is -0.221. The molecule has 0 spiro atoms. The summed E-state index contributed by atoms with van der Waals surface area (Å²) in [5, 5.41) is 0. The van der Waals surface area contributed by atoms with E-state index in [1.807, 2.05) is 13.8 Å². The quantitative estimate of drug-likeness (QED) is 0.167. The van der Waals surface area contributed by atoms with Crippen molar-refractivity contribution in [3.63, 3.8) is 0 Å². The molecular weight excluding hydrogens is 622 g/mol. The molecule has 0 unspecified atom stereocenters. The van der Waals surface area contributed by atoms with Gasteiger partial charge in [-0.2, -0.15) is 13.2 Å². The summed E-state index contributed by atoms with van der Waals surface area (Å²) >= 11 is 0. The number of alkyl halides is 3. The Kier molecular flexibility index (Phi) is 6.84. The Labute approximate surface area is 200 Å². The van der Waals surface area contributed by atoms with Crippen LogP contribution in [-0.2, 0) is 32.7 Å². The fraction of sp³-hybridized carbons (Fsp3) is 0.174. The van der Waals surface area contributed by atoms with E-state index >= 15 is 0 Å². The van der Waals surface area contributed by atoms with Gasteiger partial charge in [0.1, 0.15) is 11.9 Å². The van der Waals surface area contributed by atoms with Crippen LogP contribution in [0.5, 0.6) is 0 Å². The van der Waals surface area contributed by atoms with Crippen molar-refractivity contribution in [2.45, 2.75) is 25.4 Å². The fourth-order valence-electron chi connectivity index (χ4n) is 3.19. The van der Waals surface area contributed by atoms with E-state index in [1.165, 1.54) is 6.07 Å². The monoisotopic (exact) mass is 637 g/mol. The van der Waals surface area contributed by atoms with Crippen molar-refractivity contribution >= 4 is 0 Å². The van der Waals surface area contributed by atoms with Crippen molar-refractivity contribution < 1.29 is 43.0 Å². The van der Waals surface area contributed by atoms with Gasteiger partial charge in [-0.25, -0.2) is 8.78 Å². The number of aromatic nitrogens is 4. The molecule has 0 radical (unpaired) electrons. The molecule has 0 N–H and O–H groups in total. The van der Waals surface area contributed by atoms with Gasteiger partial charge in [-0.05, 0) is 37.7 Å². The van der Waals surface area contributed by atoms with Crippen LogP contribution in [0.2, 0.25) is 0 Å². The Bertz CT molecular complexity index is 1280. The molecule has 0 atom stereocenters. The molecule has 4 aromatic rings. The summed E-state index contributed by atoms with van der Waals surface area (Å²) < 4.78 is 65.9. The predicted molar refractivity (Wildman–Crippen MR) is 106 cm³/mol. The van der Waals surface area contributed by atoms with Gasteiger partial charge in [0, 0.05) is 16.8 Å². The molecule has 4 nitrogen and oxygen atoms in total. The van der Waals surface area contributed by atoms with Crippen molar-refractivity contribution in [1.82, 2.24) is 19.9 Å². The van der Waals surface area contributed by atoms with Crippen LogP contribution in [0.15, 0.2) is 54.6 Å². The van der Waals surface area contributed by atoms with Crippen LogP contribution in [0, 0.1) is 18.0 Å². The molecule has 172 valence electrons. The minimum absolute atomic E-state index is 0. The molecule has 33 heavy (non-hydrogen) atoms. The largest absolute Gasteiger partial charge is 2.00 e. The van der Waals surface area contributed by atoms with Crippen molar-refractivity contribution in [2.75, 3.05) is 0 Å². The second-order valence-electron chi connectivity index (χ2n) is 7.54. The fourth-order valence-corrected chi connectivity index (χ4v) is 3.19. The molecule has 0 aliphatic rings. The maximum atomic E-state index is 14.1. The molecule has 0 amide bonds. The molecule has 10 heteroatoms. The summed E-state index contributed by atoms with van der Waals surface area (Å²) in [4.78, 5) is 15.8. The van der Waals surface area contributed by atoms with Gasteiger partial charge < -0.3 is 9.97 Å². The maximum absolute atomic E-state index is 14.1. The summed E-state index contributed by atoms with van der Waals surface area (Å²) in [6, 6.07) is 15.5. The van der Waals surface area contributed by atoms with Gasteiger partial charge >= 0.3 is 27.2 Å². The van der Waals surface area contributed by atoms with Crippen LogP contribution in [0.4, 0.5) is 22.0 Å². The summed E-state index contributed by atoms with van der Waals surface area (Å²) in [6.07, 6.45) is -4.54. The number of nitrogens with zero attached hydrogens (tertiary/aromatic N) is 4. The second kappa shape index (κ2) is 9.14. The average Bonchev–Trinajstić information content (AvgIpc) is 3.25. The Balaban J connectivity index is 0.00000306. The van der Waals surface area contributed by atoms with Crippen LogP contribution in [0.3, 0.4) is 0 Å². The SMILES string of the molecule is CC(C)(c1cccc(-c2ccc(C(F)(F)F)[n-]2)n1)c1cccc(-c2[c-]cc(F)nc2F)n1.[Pt+2]. The standard InChI is InChI=1S/C23H15F5N4.Pt/c1-22(2,17-7-3-5-14(29-17)13-9-12-20(24)32-21(13)25)18-8-4-6-15(30-18)16-10-11-19(31-16)23(26,27)28;/h3-8,10-12H,1-2H3;/q-2;+2. The molecule has 4 rings (SSSR count). The summed E-state index contributed by atoms with van der Waals surface area (Å²) in [6.45, 7) is 3.65. The third kappa shape index (κ3) is 5.03. The van der Waals surface area contributed by atoms with E-state index in [9.17, 15) is 22.0 Å². The van der Waals surface area contributed by atoms with E-state index in [4.69, 9.17) is 0 Å². The second-order valence-corrected chi connectivity index (χ2v) is 7.54. The van der Waals surface area contributed by atoms with Crippen molar-refractivity contribution in [3.8, 4) is 22.6 Å². The Hall–Kier alpha value is -2.93. The molecule has 4 heterocycles. The van der Waals surface area contributed by atoms with E-state index in [0.29, 0.717) is 11.4 Å². The minimum Gasteiger partial charge on any atom is -0.652 e. The van der Waals surface area contributed by atoms with Gasteiger partial charge in [-0.3, -0.25) is 9.97 Å². The van der Waals surface area contributed by atoms with Gasteiger partial charge in [-0.15, -0.1) is 11.8 Å². The molecule has 0 bridgehead atoms. The van der Waals surface area contributed by atoms with Crippen molar-refractivity contribution in [3.05, 3.63) is 89.6 Å². The van der Waals surface area contributed by atoms with Crippen LogP contribution < -0.4 is 4.98 Å². The Morgan fingerprint density at radius 3 is 2.00 bits per heavy atom. The molecule has 0 aliphatic heterocycles. The topological polar surface area (TPSA) is 52.8 Å². The summed E-state index contributed by atoms with van der Waals surface area (Å²) in [7, 11) is 0. The Morgan fingerprint density at radius 1 is 0.818 bits per heavy atom. The number of hydrogen-bond donors (Lipinski definition) is 0. The molecule has 4 aromatic heterocycles. The molecular formula is C23H15F5N4Pt. The van der Waals surface area contributed by atoms with Gasteiger partial charge in [-0.1, -0.05) is 47.7 Å². The zero-order chi connectivity index (χ0) is 23.1. The average molecular weight is 637 g/mol. The molecule has 0 aromatic carbocycles. The molecule has 0 saturated heterocycles. The van der Waals surface area contributed by atoms with Crippen LogP contribution in [0.1, 0.15) is 30.9 Å². The first-order valence-electron chi connectivity index (χ1n) is 9.46. The van der Waals surface area contributed by atoms with E-state index in [0.717, 1.165) is 12.1 Å². The van der Waals surface area contributed by atoms with Gasteiger partial charge in [0.15, 0.2) is 0 Å². The third-order valence-electron chi connectivity index (χ3n) is 4.97. The normalized spacial score (nSPS) is 11.8. The minimum atomic E-state index is -4.54. The first-order chi connectivity index (χ1) is 15.1. The van der Waals surface area contributed by atoms with Crippen LogP contribution >= 0.6 is 0 Å². The van der Waals surface area contributed by atoms with Crippen LogP contribution in [0.25, 0.3) is 22.6 Å². The molecule has 0 fully saturated rings. The zero-order valence-corrected chi connectivity index (χ0v) is 19.5. The van der Waals surface area contributed by atoms with Crippen LogP contribution in [-0.4, -0.2) is 15.0 Å². The first-order valence-corrected chi connectivity index (χ1v) is 9.46. The van der Waals surface area contributed by atoms with Gasteiger partial charge in [0.05, 0.1) is 5.69 Å². The Morgan fingerprint density at radius 2 is 1.42 bits per heavy atom. The van der Waals surface area contributed by atoms with Gasteiger partial charge in [0.25, 0.3) is 0 Å². The van der Waals surface area contributed by atoms with E-state index in [2.05, 4.69) is 26.0 Å². The maximum Gasteiger partial charge on any atom is 2.00 e. The third-order valence-corrected chi connectivity index (χ3v) is 4.97. The van der Waals surface area contributed by atoms with E-state index in [-0.39, 0.29) is 43.7 Å². The first kappa shape index (κ1) is 24.7. The number of pyridine rings is 3.